The smallest absolute Gasteiger partial charge is 0.463 e. The van der Waals surface area contributed by atoms with E-state index in [9.17, 15) is 43.5 Å². The van der Waals surface area contributed by atoms with Crippen LogP contribution < -0.4 is 0 Å². The van der Waals surface area contributed by atoms with Gasteiger partial charge in [0, 0.05) is 19.3 Å². The predicted octanol–water partition coefficient (Wildman–Crippen LogP) is 26.3. The van der Waals surface area contributed by atoms with E-state index in [0.29, 0.717) is 19.3 Å². The number of esters is 3. The van der Waals surface area contributed by atoms with Crippen LogP contribution in [-0.4, -0.2) is 95.9 Å². The quantitative estimate of drug-likeness (QED) is 0.0146. The highest BCUT2D eigenvalue weighted by molar-refractivity contribution is 7.47. The lowest BCUT2D eigenvalue weighted by Crippen LogP contribution is -2.30. The van der Waals surface area contributed by atoms with Crippen molar-refractivity contribution in [3.63, 3.8) is 0 Å². The molecule has 18 heteroatoms. The summed E-state index contributed by atoms with van der Waals surface area (Å²) in [6, 6.07) is 0. The number of hydrogen-bond acceptors (Lipinski definition) is 14. The molecule has 0 heterocycles. The molecule has 0 aromatic heterocycles. The second-order valence-electron chi connectivity index (χ2n) is 28.6. The van der Waals surface area contributed by atoms with Gasteiger partial charge in [-0.3, -0.25) is 32.5 Å². The van der Waals surface area contributed by atoms with E-state index in [2.05, 4.69) is 191 Å². The van der Waals surface area contributed by atoms with Crippen molar-refractivity contribution >= 4 is 33.6 Å². The molecule has 0 fully saturated rings. The van der Waals surface area contributed by atoms with E-state index < -0.39 is 91.5 Å². The molecule has 5 atom stereocenters. The molecule has 5 unspecified atom stereocenters. The standard InChI is InChI=1S/C93H156O16P2/c1-4-7-10-13-16-19-22-25-28-31-34-36-37-38-39-40-41-42-43-44-45-46-47-48-49-51-54-55-58-61-64-67-70-73-76-79-91(96)103-82-88(94)83-105-110(99,100)106-84-89(95)85-107-111(101,102)108-87-90(109-93(98)81-78-75-72-69-66-63-60-57-52-33-30-27-24-21-18-15-12-9-6-3)86-104-92(97)80-77-74-71-68-65-62-59-56-53-50-35-32-29-26-23-20-17-14-11-8-5-2/h7,9-10,12,16-21,25-30,34-36,38-39,41-42,50,52,56-57,59,88-90,94-95H,4-6,8,11,13-15,22-24,31-33,37,40,43-49,51,53-55,58,60-87H2,1-3H3,(H,99,100)(H,101,102)/b10-7-,12-9-,19-16-,20-17-,21-18-,28-25-,29-26-,30-27-,36-34-,39-38-,42-41-,50-35-,57-52-,59-56-. The van der Waals surface area contributed by atoms with E-state index in [4.69, 9.17) is 32.3 Å². The van der Waals surface area contributed by atoms with Gasteiger partial charge in [0.15, 0.2) is 6.10 Å². The molecular weight excluding hydrogens is 1430 g/mol. The average Bonchev–Trinajstić information content (AvgIpc) is 0.901. The zero-order valence-electron chi connectivity index (χ0n) is 69.6. The van der Waals surface area contributed by atoms with Crippen LogP contribution in [0, 0.1) is 0 Å². The predicted molar refractivity (Wildman–Crippen MR) is 463 cm³/mol. The second kappa shape index (κ2) is 84.3. The lowest BCUT2D eigenvalue weighted by atomic mass is 10.0. The Morgan fingerprint density at radius 2 is 0.477 bits per heavy atom. The van der Waals surface area contributed by atoms with E-state index >= 15 is 0 Å². The summed E-state index contributed by atoms with van der Waals surface area (Å²) in [5, 5.41) is 20.7. The lowest BCUT2D eigenvalue weighted by Gasteiger charge is -2.21. The molecule has 0 bridgehead atoms. The maximum Gasteiger partial charge on any atom is 0.472 e. The van der Waals surface area contributed by atoms with Crippen LogP contribution in [0.4, 0.5) is 0 Å². The van der Waals surface area contributed by atoms with Gasteiger partial charge < -0.3 is 34.2 Å². The highest BCUT2D eigenvalue weighted by Gasteiger charge is 2.29. The largest absolute Gasteiger partial charge is 0.472 e. The zero-order chi connectivity index (χ0) is 80.8. The minimum Gasteiger partial charge on any atom is -0.463 e. The minimum absolute atomic E-state index is 0.0794. The highest BCUT2D eigenvalue weighted by atomic mass is 31.2. The van der Waals surface area contributed by atoms with E-state index in [-0.39, 0.29) is 19.3 Å². The molecule has 0 saturated carbocycles. The number of aliphatic hydroxyl groups excluding tert-OH is 2. The van der Waals surface area contributed by atoms with Gasteiger partial charge in [0.1, 0.15) is 25.4 Å². The second-order valence-corrected chi connectivity index (χ2v) is 31.5. The minimum atomic E-state index is -4.95. The summed E-state index contributed by atoms with van der Waals surface area (Å²) >= 11 is 0. The van der Waals surface area contributed by atoms with E-state index in [1.807, 2.05) is 0 Å². The fourth-order valence-electron chi connectivity index (χ4n) is 11.4. The Labute approximate surface area is 675 Å². The van der Waals surface area contributed by atoms with Gasteiger partial charge in [-0.05, 0) is 154 Å². The van der Waals surface area contributed by atoms with Crippen LogP contribution in [0.2, 0.25) is 0 Å². The van der Waals surface area contributed by atoms with Crippen LogP contribution in [-0.2, 0) is 55.8 Å². The van der Waals surface area contributed by atoms with Crippen molar-refractivity contribution in [3.05, 3.63) is 170 Å². The maximum absolute atomic E-state index is 13.0. The van der Waals surface area contributed by atoms with Crippen molar-refractivity contribution in [1.82, 2.24) is 0 Å². The molecule has 0 aromatic carbocycles. The normalized spacial score (nSPS) is 14.7. The topological polar surface area (TPSA) is 231 Å². The maximum atomic E-state index is 13.0. The molecule has 16 nitrogen and oxygen atoms in total. The van der Waals surface area contributed by atoms with E-state index in [1.165, 1.54) is 109 Å². The molecule has 0 saturated heterocycles. The van der Waals surface area contributed by atoms with Gasteiger partial charge in [-0.1, -0.05) is 339 Å². The SMILES string of the molecule is CC/C=C\C/C=C\C/C=C\C/C=C\C/C=C\C/C=C\CCCCCCCCCCCCCCCCCCC(=O)OCC(O)COP(=O)(O)OCC(O)COP(=O)(O)OCC(COC(=O)CCCCCCC/C=C\C/C=C\C/C=C\C/C=C\CCCCC)OC(=O)CCCCCCCC/C=C\C/C=C\C/C=C\C/C=C\CC. The molecule has 4 N–H and O–H groups in total. The summed E-state index contributed by atoms with van der Waals surface area (Å²) in [5.41, 5.74) is 0. The van der Waals surface area contributed by atoms with Crippen molar-refractivity contribution in [1.29, 1.82) is 0 Å². The first-order valence-corrected chi connectivity index (χ1v) is 46.4. The van der Waals surface area contributed by atoms with E-state index in [0.717, 1.165) is 173 Å². The van der Waals surface area contributed by atoms with Crippen molar-refractivity contribution in [3.8, 4) is 0 Å². The molecule has 111 heavy (non-hydrogen) atoms. The average molecular weight is 1590 g/mol. The van der Waals surface area contributed by atoms with Crippen molar-refractivity contribution in [2.45, 2.75) is 360 Å². The summed E-state index contributed by atoms with van der Waals surface area (Å²) < 4.78 is 61.3. The van der Waals surface area contributed by atoms with Crippen molar-refractivity contribution in [2.75, 3.05) is 39.6 Å². The van der Waals surface area contributed by atoms with Crippen LogP contribution >= 0.6 is 15.6 Å². The monoisotopic (exact) mass is 1590 g/mol. The number of rotatable bonds is 81. The number of phosphoric ester groups is 2. The number of aliphatic hydroxyl groups is 2. The number of carbonyl (C=O) groups excluding carboxylic acids is 3. The fraction of sp³-hybridized carbons (Fsp3) is 0.667. The summed E-state index contributed by atoms with van der Waals surface area (Å²) in [6.07, 6.45) is 108. The molecule has 0 aliphatic rings. The molecular formula is C93H156O16P2. The Kier molecular flexibility index (Phi) is 80.4. The van der Waals surface area contributed by atoms with Gasteiger partial charge in [-0.25, -0.2) is 9.13 Å². The Bertz CT molecular complexity index is 2700. The number of carbonyl (C=O) groups is 3. The number of allylic oxidation sites excluding steroid dienone is 28. The Hall–Kier alpha value is -5.09. The summed E-state index contributed by atoms with van der Waals surface area (Å²) in [5.74, 6) is -1.61. The molecule has 0 spiro atoms. The van der Waals surface area contributed by atoms with Crippen LogP contribution in [0.5, 0.6) is 0 Å². The number of phosphoric acid groups is 2. The van der Waals surface area contributed by atoms with Gasteiger partial charge >= 0.3 is 33.6 Å². The van der Waals surface area contributed by atoms with Gasteiger partial charge in [-0.15, -0.1) is 0 Å². The van der Waals surface area contributed by atoms with Crippen LogP contribution in [0.25, 0.3) is 0 Å². The summed E-state index contributed by atoms with van der Waals surface area (Å²) in [7, 11) is -9.82. The third kappa shape index (κ3) is 85.6. The Morgan fingerprint density at radius 3 is 0.757 bits per heavy atom. The van der Waals surface area contributed by atoms with Gasteiger partial charge in [0.05, 0.1) is 26.4 Å². The molecule has 634 valence electrons. The highest BCUT2D eigenvalue weighted by Crippen LogP contribution is 2.45. The van der Waals surface area contributed by atoms with E-state index in [1.54, 1.807) is 0 Å². The number of unbranched alkanes of at least 4 members (excludes halogenated alkanes) is 30. The first-order valence-electron chi connectivity index (χ1n) is 43.4. The first-order chi connectivity index (χ1) is 54.2. The summed E-state index contributed by atoms with van der Waals surface area (Å²) in [4.78, 5) is 58.8. The van der Waals surface area contributed by atoms with Crippen LogP contribution in [0.15, 0.2) is 170 Å². The lowest BCUT2D eigenvalue weighted by molar-refractivity contribution is -0.161. The Morgan fingerprint density at radius 1 is 0.261 bits per heavy atom. The Balaban J connectivity index is 4.52. The number of ether oxygens (including phenoxy) is 3. The van der Waals surface area contributed by atoms with Crippen LogP contribution in [0.1, 0.15) is 342 Å². The van der Waals surface area contributed by atoms with Gasteiger partial charge in [0.25, 0.3) is 0 Å². The molecule has 0 radical (unpaired) electrons. The van der Waals surface area contributed by atoms with Gasteiger partial charge in [0.2, 0.25) is 0 Å². The van der Waals surface area contributed by atoms with Gasteiger partial charge in [-0.2, -0.15) is 0 Å². The fourth-order valence-corrected chi connectivity index (χ4v) is 13.0. The first kappa shape index (κ1) is 106. The third-order valence-electron chi connectivity index (χ3n) is 17.9. The molecule has 0 aliphatic carbocycles. The third-order valence-corrected chi connectivity index (χ3v) is 19.8. The molecule has 0 aliphatic heterocycles. The van der Waals surface area contributed by atoms with Crippen molar-refractivity contribution < 1.29 is 75.8 Å². The van der Waals surface area contributed by atoms with Crippen LogP contribution in [0.3, 0.4) is 0 Å². The molecule has 0 amide bonds. The number of hydrogen-bond donors (Lipinski definition) is 4. The molecule has 0 aromatic rings. The van der Waals surface area contributed by atoms with Crippen molar-refractivity contribution in [2.24, 2.45) is 0 Å². The zero-order valence-corrected chi connectivity index (χ0v) is 71.4. The summed E-state index contributed by atoms with van der Waals surface area (Å²) in [6.45, 7) is 2.41. The molecule has 0 rings (SSSR count).